The molecule has 2 aliphatic rings. The van der Waals surface area contributed by atoms with Gasteiger partial charge in [0.1, 0.15) is 17.1 Å². The van der Waals surface area contributed by atoms with Crippen molar-refractivity contribution >= 4 is 35.5 Å². The first kappa shape index (κ1) is 21.6. The molecule has 0 spiro atoms. The number of nitrogens with zero attached hydrogens (tertiary/aromatic N) is 1. The molecule has 1 saturated heterocycles. The van der Waals surface area contributed by atoms with E-state index in [1.807, 2.05) is 36.4 Å². The van der Waals surface area contributed by atoms with Gasteiger partial charge in [-0.05, 0) is 11.1 Å². The quantitative estimate of drug-likeness (QED) is 0.510. The molecule has 2 N–H and O–H groups in total. The Bertz CT molecular complexity index is 1060. The van der Waals surface area contributed by atoms with Gasteiger partial charge < -0.3 is 15.2 Å². The Hall–Kier alpha value is -3.59. The van der Waals surface area contributed by atoms with E-state index < -0.39 is 35.4 Å². The first-order valence-corrected chi connectivity index (χ1v) is 10.9. The molecule has 9 heteroatoms. The molecule has 164 valence electrons. The zero-order valence-electron chi connectivity index (χ0n) is 17.1. The summed E-state index contributed by atoms with van der Waals surface area (Å²) in [5.74, 6) is -3.12. The summed E-state index contributed by atoms with van der Waals surface area (Å²) in [6, 6.07) is 17.3. The van der Waals surface area contributed by atoms with Crippen molar-refractivity contribution < 1.29 is 29.0 Å². The van der Waals surface area contributed by atoms with Crippen LogP contribution < -0.4 is 5.32 Å². The Morgan fingerprint density at radius 2 is 1.62 bits per heavy atom. The molecule has 0 radical (unpaired) electrons. The van der Waals surface area contributed by atoms with Crippen LogP contribution in [-0.4, -0.2) is 50.9 Å². The SMILES string of the molecule is CC(=O)NC1C(=O)N2C(C(=O)OC(c3ccccc3)c3ccccc3)=C(C(=O)O)CS[C@@H]12. The van der Waals surface area contributed by atoms with Gasteiger partial charge in [0.15, 0.2) is 6.10 Å². The zero-order chi connectivity index (χ0) is 22.8. The predicted octanol–water partition coefficient (Wildman–Crippen LogP) is 2.08. The van der Waals surface area contributed by atoms with Crippen molar-refractivity contribution in [3.63, 3.8) is 0 Å². The molecule has 2 heterocycles. The minimum absolute atomic E-state index is 0.00559. The minimum Gasteiger partial charge on any atom is -0.478 e. The summed E-state index contributed by atoms with van der Waals surface area (Å²) in [6.45, 7) is 1.29. The highest BCUT2D eigenvalue weighted by Crippen LogP contribution is 2.41. The van der Waals surface area contributed by atoms with Crippen LogP contribution in [0.3, 0.4) is 0 Å². The second-order valence-corrected chi connectivity index (χ2v) is 8.43. The molecule has 0 aliphatic carbocycles. The molecule has 1 unspecified atom stereocenters. The Morgan fingerprint density at radius 1 is 1.06 bits per heavy atom. The molecule has 4 rings (SSSR count). The molecule has 2 atom stereocenters. The van der Waals surface area contributed by atoms with Crippen molar-refractivity contribution in [2.75, 3.05) is 5.75 Å². The smallest absolute Gasteiger partial charge is 0.356 e. The van der Waals surface area contributed by atoms with Gasteiger partial charge in [-0.3, -0.25) is 14.5 Å². The minimum atomic E-state index is -1.30. The van der Waals surface area contributed by atoms with Crippen molar-refractivity contribution in [3.05, 3.63) is 83.1 Å². The third-order valence-electron chi connectivity index (χ3n) is 5.21. The highest BCUT2D eigenvalue weighted by molar-refractivity contribution is 8.00. The van der Waals surface area contributed by atoms with E-state index in [0.29, 0.717) is 11.1 Å². The number of β-lactam (4-membered cyclic amide) rings is 1. The van der Waals surface area contributed by atoms with Gasteiger partial charge in [0.05, 0.1) is 5.57 Å². The summed E-state index contributed by atoms with van der Waals surface area (Å²) < 4.78 is 5.81. The van der Waals surface area contributed by atoms with E-state index in [1.54, 1.807) is 24.3 Å². The molecule has 8 nitrogen and oxygen atoms in total. The van der Waals surface area contributed by atoms with Crippen LogP contribution in [0.15, 0.2) is 71.9 Å². The number of thioether (sulfide) groups is 1. The number of aliphatic carboxylic acids is 1. The Balaban J connectivity index is 1.68. The fraction of sp³-hybridized carbons (Fsp3) is 0.217. The normalized spacial score (nSPS) is 19.8. The molecule has 0 saturated carbocycles. The molecular weight excluding hydrogens is 432 g/mol. The van der Waals surface area contributed by atoms with Gasteiger partial charge in [0, 0.05) is 12.7 Å². The number of fused-ring (bicyclic) bond motifs is 1. The number of amides is 2. The van der Waals surface area contributed by atoms with E-state index in [-0.39, 0.29) is 22.9 Å². The van der Waals surface area contributed by atoms with Crippen molar-refractivity contribution in [1.82, 2.24) is 10.2 Å². The van der Waals surface area contributed by atoms with E-state index >= 15 is 0 Å². The number of carbonyl (C=O) groups excluding carboxylic acids is 3. The van der Waals surface area contributed by atoms with Gasteiger partial charge in [0.25, 0.3) is 5.91 Å². The Morgan fingerprint density at radius 3 is 2.12 bits per heavy atom. The summed E-state index contributed by atoms with van der Waals surface area (Å²) in [4.78, 5) is 50.4. The Labute approximate surface area is 188 Å². The maximum absolute atomic E-state index is 13.3. The zero-order valence-corrected chi connectivity index (χ0v) is 17.9. The van der Waals surface area contributed by atoms with E-state index in [4.69, 9.17) is 4.74 Å². The average molecular weight is 452 g/mol. The molecule has 2 aromatic rings. The van der Waals surface area contributed by atoms with E-state index in [9.17, 15) is 24.3 Å². The maximum atomic E-state index is 13.3. The lowest BCUT2D eigenvalue weighted by atomic mass is 10.0. The van der Waals surface area contributed by atoms with Crippen LogP contribution in [0, 0.1) is 0 Å². The highest BCUT2D eigenvalue weighted by atomic mass is 32.2. The number of rotatable bonds is 6. The van der Waals surface area contributed by atoms with Gasteiger partial charge >= 0.3 is 11.9 Å². The second-order valence-electron chi connectivity index (χ2n) is 7.33. The van der Waals surface area contributed by atoms with Crippen LogP contribution in [0.2, 0.25) is 0 Å². The standard InChI is InChI=1S/C23H20N2O6S/c1-13(26)24-17-20(27)25-18(16(22(28)29)12-32-21(17)25)23(30)31-19(14-8-4-2-5-9-14)15-10-6-3-7-11-15/h2-11,17,19,21H,12H2,1H3,(H,24,26)(H,28,29)/t17?,21-/m0/s1. The van der Waals surface area contributed by atoms with Crippen LogP contribution in [0.1, 0.15) is 24.2 Å². The fourth-order valence-corrected chi connectivity index (χ4v) is 5.07. The highest BCUT2D eigenvalue weighted by Gasteiger charge is 2.55. The lowest BCUT2D eigenvalue weighted by Gasteiger charge is -2.49. The maximum Gasteiger partial charge on any atom is 0.356 e. The third-order valence-corrected chi connectivity index (χ3v) is 6.49. The molecule has 2 aromatic carbocycles. The first-order valence-electron chi connectivity index (χ1n) is 9.87. The molecule has 1 fully saturated rings. The number of carboxylic acid groups (broad SMARTS) is 1. The summed E-state index contributed by atoms with van der Waals surface area (Å²) >= 11 is 1.18. The largest absolute Gasteiger partial charge is 0.478 e. The number of hydrogen-bond acceptors (Lipinski definition) is 6. The second kappa shape index (κ2) is 8.88. The number of carboxylic acids is 1. The van der Waals surface area contributed by atoms with E-state index in [2.05, 4.69) is 5.32 Å². The predicted molar refractivity (Wildman–Crippen MR) is 116 cm³/mol. The first-order chi connectivity index (χ1) is 15.4. The van der Waals surface area contributed by atoms with Gasteiger partial charge in [-0.2, -0.15) is 0 Å². The van der Waals surface area contributed by atoms with Crippen molar-refractivity contribution in [2.45, 2.75) is 24.4 Å². The van der Waals surface area contributed by atoms with Gasteiger partial charge in [-0.25, -0.2) is 9.59 Å². The molecule has 0 bridgehead atoms. The number of ether oxygens (including phenoxy) is 1. The van der Waals surface area contributed by atoms with E-state index in [1.165, 1.54) is 18.7 Å². The van der Waals surface area contributed by atoms with Crippen LogP contribution >= 0.6 is 11.8 Å². The van der Waals surface area contributed by atoms with Gasteiger partial charge in [-0.1, -0.05) is 60.7 Å². The van der Waals surface area contributed by atoms with Gasteiger partial charge in [-0.15, -0.1) is 11.8 Å². The van der Waals surface area contributed by atoms with Crippen LogP contribution in [0.5, 0.6) is 0 Å². The summed E-state index contributed by atoms with van der Waals surface area (Å²) in [6.07, 6.45) is -0.789. The molecule has 32 heavy (non-hydrogen) atoms. The van der Waals surface area contributed by atoms with Crippen LogP contribution in [0.4, 0.5) is 0 Å². The lowest BCUT2D eigenvalue weighted by molar-refractivity contribution is -0.155. The molecule has 0 aromatic heterocycles. The van der Waals surface area contributed by atoms with Crippen molar-refractivity contribution in [3.8, 4) is 0 Å². The number of carbonyl (C=O) groups is 4. The summed E-state index contributed by atoms with van der Waals surface area (Å²) in [5, 5.41) is 11.7. The Kier molecular flexibility index (Phi) is 6.00. The van der Waals surface area contributed by atoms with Crippen molar-refractivity contribution in [2.24, 2.45) is 0 Å². The third kappa shape index (κ3) is 3.99. The summed E-state index contributed by atoms with van der Waals surface area (Å²) in [5.41, 5.74) is 0.921. The average Bonchev–Trinajstić information content (AvgIpc) is 2.80. The lowest BCUT2D eigenvalue weighted by Crippen LogP contribution is -2.70. The van der Waals surface area contributed by atoms with Crippen LogP contribution in [0.25, 0.3) is 0 Å². The number of nitrogens with one attached hydrogen (secondary N) is 1. The topological polar surface area (TPSA) is 113 Å². The van der Waals surface area contributed by atoms with Crippen molar-refractivity contribution in [1.29, 1.82) is 0 Å². The number of hydrogen-bond donors (Lipinski definition) is 2. The molecular formula is C23H20N2O6S. The van der Waals surface area contributed by atoms with E-state index in [0.717, 1.165) is 4.90 Å². The van der Waals surface area contributed by atoms with Crippen LogP contribution in [-0.2, 0) is 23.9 Å². The molecule has 2 amide bonds. The number of benzene rings is 2. The fourth-order valence-electron chi connectivity index (χ4n) is 3.74. The molecule has 2 aliphatic heterocycles. The monoisotopic (exact) mass is 452 g/mol. The number of esters is 1. The summed E-state index contributed by atoms with van der Waals surface area (Å²) in [7, 11) is 0. The van der Waals surface area contributed by atoms with Gasteiger partial charge in [0.2, 0.25) is 5.91 Å².